The molecule has 0 heterocycles. The Hall–Kier alpha value is -2.62. The average molecular weight is 409 g/mol. The van der Waals surface area contributed by atoms with Crippen LogP contribution in [0.1, 0.15) is 80.0 Å². The molecule has 0 aliphatic rings. The number of aldehydes is 2. The standard InChI is InChI=1S/C26H36N2O2/c1-4-7-18-27(24-14-10-22(20-29)11-15-24)26(9-6-3)28(19-8-5-2)25-16-12-23(21-30)13-17-25/h10-17,20-21,26H,4-9,18-19H2,1-3H3. The van der Waals surface area contributed by atoms with Gasteiger partial charge in [0.15, 0.2) is 0 Å². The van der Waals surface area contributed by atoms with Crippen LogP contribution in [-0.4, -0.2) is 31.8 Å². The van der Waals surface area contributed by atoms with Crippen molar-refractivity contribution in [3.8, 4) is 0 Å². The number of hydrogen-bond acceptors (Lipinski definition) is 4. The van der Waals surface area contributed by atoms with Crippen LogP contribution in [0.2, 0.25) is 0 Å². The first-order chi connectivity index (χ1) is 14.7. The van der Waals surface area contributed by atoms with Crippen LogP contribution in [-0.2, 0) is 0 Å². The molecule has 2 rings (SSSR count). The van der Waals surface area contributed by atoms with Crippen molar-refractivity contribution in [3.63, 3.8) is 0 Å². The van der Waals surface area contributed by atoms with Crippen molar-refractivity contribution < 1.29 is 9.59 Å². The van der Waals surface area contributed by atoms with Crippen LogP contribution in [0.25, 0.3) is 0 Å². The molecular formula is C26H36N2O2. The molecule has 0 radical (unpaired) electrons. The van der Waals surface area contributed by atoms with Crippen LogP contribution in [0.5, 0.6) is 0 Å². The molecule has 0 atom stereocenters. The Morgan fingerprint density at radius 1 is 0.667 bits per heavy atom. The predicted molar refractivity (Wildman–Crippen MR) is 127 cm³/mol. The Balaban J connectivity index is 2.45. The highest BCUT2D eigenvalue weighted by Crippen LogP contribution is 2.28. The van der Waals surface area contributed by atoms with Gasteiger partial charge in [-0.15, -0.1) is 0 Å². The Bertz CT molecular complexity index is 692. The van der Waals surface area contributed by atoms with Gasteiger partial charge in [-0.3, -0.25) is 9.59 Å². The fourth-order valence-electron chi connectivity index (χ4n) is 3.78. The van der Waals surface area contributed by atoms with Gasteiger partial charge in [-0.2, -0.15) is 0 Å². The lowest BCUT2D eigenvalue weighted by molar-refractivity contribution is 0.111. The molecule has 2 aromatic carbocycles. The minimum Gasteiger partial charge on any atom is -0.351 e. The lowest BCUT2D eigenvalue weighted by Crippen LogP contribution is -2.50. The second kappa shape index (κ2) is 12.8. The van der Waals surface area contributed by atoms with Gasteiger partial charge >= 0.3 is 0 Å². The number of carbonyl (C=O) groups excluding carboxylic acids is 2. The van der Waals surface area contributed by atoms with Crippen molar-refractivity contribution in [2.24, 2.45) is 0 Å². The third kappa shape index (κ3) is 6.45. The van der Waals surface area contributed by atoms with Gasteiger partial charge < -0.3 is 9.80 Å². The van der Waals surface area contributed by atoms with Crippen LogP contribution in [0.3, 0.4) is 0 Å². The summed E-state index contributed by atoms with van der Waals surface area (Å²) in [4.78, 5) is 27.2. The SMILES string of the molecule is CCCCN(c1ccc(C=O)cc1)C(CCC)N(CCCC)c1ccc(C=O)cc1. The summed E-state index contributed by atoms with van der Waals surface area (Å²) in [6, 6.07) is 15.9. The van der Waals surface area contributed by atoms with E-state index in [0.29, 0.717) is 11.1 Å². The van der Waals surface area contributed by atoms with E-state index < -0.39 is 0 Å². The molecule has 0 aliphatic heterocycles. The monoisotopic (exact) mass is 408 g/mol. The molecule has 0 aliphatic carbocycles. The van der Waals surface area contributed by atoms with E-state index in [1.165, 1.54) is 0 Å². The van der Waals surface area contributed by atoms with Crippen LogP contribution in [0, 0.1) is 0 Å². The molecule has 0 spiro atoms. The van der Waals surface area contributed by atoms with Crippen LogP contribution in [0.15, 0.2) is 48.5 Å². The van der Waals surface area contributed by atoms with E-state index in [-0.39, 0.29) is 6.17 Å². The van der Waals surface area contributed by atoms with Crippen molar-refractivity contribution >= 4 is 23.9 Å². The molecule has 2 aromatic rings. The molecule has 4 heteroatoms. The summed E-state index contributed by atoms with van der Waals surface area (Å²) in [6.45, 7) is 8.60. The molecule has 0 amide bonds. The van der Waals surface area contributed by atoms with Gasteiger partial charge in [-0.25, -0.2) is 0 Å². The predicted octanol–water partition coefficient (Wildman–Crippen LogP) is 6.35. The van der Waals surface area contributed by atoms with Crippen LogP contribution >= 0.6 is 0 Å². The third-order valence-corrected chi connectivity index (χ3v) is 5.49. The van der Waals surface area contributed by atoms with Crippen molar-refractivity contribution in [1.29, 1.82) is 0 Å². The normalized spacial score (nSPS) is 10.8. The number of hydrogen-bond donors (Lipinski definition) is 0. The maximum atomic E-state index is 11.1. The zero-order valence-corrected chi connectivity index (χ0v) is 18.7. The van der Waals surface area contributed by atoms with Gasteiger partial charge in [-0.1, -0.05) is 40.0 Å². The summed E-state index contributed by atoms with van der Waals surface area (Å²) in [5, 5.41) is 0. The van der Waals surface area contributed by atoms with Crippen LogP contribution < -0.4 is 9.80 Å². The van der Waals surface area contributed by atoms with Gasteiger partial charge in [0.2, 0.25) is 0 Å². The summed E-state index contributed by atoms with van der Waals surface area (Å²) in [7, 11) is 0. The van der Waals surface area contributed by atoms with Crippen molar-refractivity contribution in [3.05, 3.63) is 59.7 Å². The van der Waals surface area contributed by atoms with E-state index in [0.717, 1.165) is 75.6 Å². The molecule has 0 N–H and O–H groups in total. The Kier molecular flexibility index (Phi) is 10.1. The average Bonchev–Trinajstić information content (AvgIpc) is 2.80. The molecule has 0 bridgehead atoms. The molecule has 162 valence electrons. The fourth-order valence-corrected chi connectivity index (χ4v) is 3.78. The smallest absolute Gasteiger partial charge is 0.150 e. The highest BCUT2D eigenvalue weighted by atomic mass is 16.1. The Morgan fingerprint density at radius 3 is 1.37 bits per heavy atom. The lowest BCUT2D eigenvalue weighted by Gasteiger charge is -2.43. The lowest BCUT2D eigenvalue weighted by atomic mass is 10.1. The number of anilines is 2. The number of unbranched alkanes of at least 4 members (excludes halogenated alkanes) is 2. The van der Waals surface area contributed by atoms with Gasteiger partial charge in [0.25, 0.3) is 0 Å². The highest BCUT2D eigenvalue weighted by molar-refractivity contribution is 5.76. The first-order valence-corrected chi connectivity index (χ1v) is 11.3. The first kappa shape index (κ1) is 23.7. The van der Waals surface area contributed by atoms with E-state index >= 15 is 0 Å². The van der Waals surface area contributed by atoms with Crippen LogP contribution in [0.4, 0.5) is 11.4 Å². The summed E-state index contributed by atoms with van der Waals surface area (Å²) in [5.41, 5.74) is 3.71. The molecule has 0 unspecified atom stereocenters. The quantitative estimate of drug-likeness (QED) is 0.270. The van der Waals surface area contributed by atoms with E-state index in [1.54, 1.807) is 0 Å². The highest BCUT2D eigenvalue weighted by Gasteiger charge is 2.25. The molecule has 0 saturated carbocycles. The minimum absolute atomic E-state index is 0.220. The number of benzene rings is 2. The summed E-state index contributed by atoms with van der Waals surface area (Å²) >= 11 is 0. The van der Waals surface area contributed by atoms with E-state index in [1.807, 2.05) is 24.3 Å². The summed E-state index contributed by atoms with van der Waals surface area (Å²) < 4.78 is 0. The molecule has 4 nitrogen and oxygen atoms in total. The van der Waals surface area contributed by atoms with Gasteiger partial charge in [0.05, 0.1) is 0 Å². The molecule has 0 aromatic heterocycles. The first-order valence-electron chi connectivity index (χ1n) is 11.3. The van der Waals surface area contributed by atoms with Crippen molar-refractivity contribution in [2.45, 2.75) is 65.5 Å². The largest absolute Gasteiger partial charge is 0.351 e. The molecular weight excluding hydrogens is 372 g/mol. The Morgan fingerprint density at radius 2 is 1.07 bits per heavy atom. The topological polar surface area (TPSA) is 40.6 Å². The maximum absolute atomic E-state index is 11.1. The number of carbonyl (C=O) groups is 2. The Labute approximate surface area is 181 Å². The van der Waals surface area contributed by atoms with E-state index in [4.69, 9.17) is 0 Å². The second-order valence-corrected chi connectivity index (χ2v) is 7.78. The van der Waals surface area contributed by atoms with E-state index in [9.17, 15) is 9.59 Å². The minimum atomic E-state index is 0.220. The molecule has 0 saturated heterocycles. The van der Waals surface area contributed by atoms with E-state index in [2.05, 4.69) is 54.8 Å². The third-order valence-electron chi connectivity index (χ3n) is 5.49. The van der Waals surface area contributed by atoms with Gasteiger partial charge in [0, 0.05) is 35.6 Å². The zero-order chi connectivity index (χ0) is 21.8. The number of rotatable bonds is 14. The summed E-state index contributed by atoms with van der Waals surface area (Å²) in [5.74, 6) is 0. The fraction of sp³-hybridized carbons (Fsp3) is 0.462. The number of nitrogens with zero attached hydrogens (tertiary/aromatic N) is 2. The molecule has 30 heavy (non-hydrogen) atoms. The maximum Gasteiger partial charge on any atom is 0.150 e. The van der Waals surface area contributed by atoms with Gasteiger partial charge in [0.1, 0.15) is 18.7 Å². The molecule has 0 fully saturated rings. The van der Waals surface area contributed by atoms with Crippen molar-refractivity contribution in [1.82, 2.24) is 0 Å². The second-order valence-electron chi connectivity index (χ2n) is 7.78. The summed E-state index contributed by atoms with van der Waals surface area (Å²) in [6.07, 6.45) is 8.61. The van der Waals surface area contributed by atoms with Gasteiger partial charge in [-0.05, 0) is 67.8 Å². The zero-order valence-electron chi connectivity index (χ0n) is 18.7. The van der Waals surface area contributed by atoms with Crippen molar-refractivity contribution in [2.75, 3.05) is 22.9 Å².